The first kappa shape index (κ1) is 14.1. The Morgan fingerprint density at radius 3 is 2.50 bits per heavy atom. The van der Waals surface area contributed by atoms with Crippen molar-refractivity contribution < 1.29 is 4.79 Å². The quantitative estimate of drug-likeness (QED) is 0.784. The Kier molecular flexibility index (Phi) is 5.26. The maximum atomic E-state index is 11.7. The van der Waals surface area contributed by atoms with E-state index in [2.05, 4.69) is 0 Å². The molecule has 0 radical (unpaired) electrons. The lowest BCUT2D eigenvalue weighted by Gasteiger charge is -2.30. The summed E-state index contributed by atoms with van der Waals surface area (Å²) in [5.74, 6) is 2.26. The average molecular weight is 239 g/mol. The predicted molar refractivity (Wildman–Crippen MR) is 64.0 cm³/mol. The number of hydrogen-bond donors (Lipinski definition) is 1. The van der Waals surface area contributed by atoms with Crippen LogP contribution in [0.3, 0.4) is 0 Å². The number of halogens is 1. The molecule has 0 saturated carbocycles. The molecule has 0 spiro atoms. The monoisotopic (exact) mass is 238 g/mol. The Hall–Kier alpha value is 0.0700. The molecule has 1 aliphatic rings. The first-order valence-corrected chi connectivity index (χ1v) is 5.72. The Balaban J connectivity index is 0.00000169. The van der Waals surface area contributed by atoms with Gasteiger partial charge in [0.15, 0.2) is 0 Å². The molecule has 5 heteroatoms. The third kappa shape index (κ3) is 3.33. The number of thioether (sulfide) groups is 1. The van der Waals surface area contributed by atoms with Crippen LogP contribution in [0.1, 0.15) is 20.3 Å². The van der Waals surface area contributed by atoms with Gasteiger partial charge in [0.1, 0.15) is 0 Å². The molecule has 1 fully saturated rings. The third-order valence-electron chi connectivity index (χ3n) is 2.32. The first-order valence-electron chi connectivity index (χ1n) is 4.57. The maximum absolute atomic E-state index is 11.7. The van der Waals surface area contributed by atoms with Gasteiger partial charge in [-0.3, -0.25) is 4.79 Å². The van der Waals surface area contributed by atoms with E-state index in [9.17, 15) is 4.79 Å². The molecular weight excluding hydrogens is 220 g/mol. The topological polar surface area (TPSA) is 46.3 Å². The highest BCUT2D eigenvalue weighted by molar-refractivity contribution is 7.99. The summed E-state index contributed by atoms with van der Waals surface area (Å²) in [4.78, 5) is 13.5. The molecule has 1 amide bonds. The number of nitrogens with zero attached hydrogens (tertiary/aromatic N) is 1. The SMILES string of the molecule is CN(C(=O)C(C)(C)N)C1CCSC1.Cl. The number of nitrogens with two attached hydrogens (primary N) is 1. The molecule has 1 unspecified atom stereocenters. The molecule has 14 heavy (non-hydrogen) atoms. The van der Waals surface area contributed by atoms with Crippen molar-refractivity contribution in [2.45, 2.75) is 31.8 Å². The van der Waals surface area contributed by atoms with Crippen LogP contribution in [0.25, 0.3) is 0 Å². The van der Waals surface area contributed by atoms with E-state index in [-0.39, 0.29) is 18.3 Å². The van der Waals surface area contributed by atoms with E-state index in [1.807, 2.05) is 18.8 Å². The number of rotatable bonds is 2. The summed E-state index contributed by atoms with van der Waals surface area (Å²) in [6.07, 6.45) is 1.10. The van der Waals surface area contributed by atoms with Crippen molar-refractivity contribution in [3.05, 3.63) is 0 Å². The zero-order valence-electron chi connectivity index (χ0n) is 8.95. The van der Waals surface area contributed by atoms with Crippen LogP contribution in [-0.4, -0.2) is 40.9 Å². The molecular formula is C9H19ClN2OS. The number of hydrogen-bond acceptors (Lipinski definition) is 3. The second kappa shape index (κ2) is 5.24. The van der Waals surface area contributed by atoms with Crippen molar-refractivity contribution in [2.24, 2.45) is 5.73 Å². The van der Waals surface area contributed by atoms with Crippen LogP contribution in [0, 0.1) is 0 Å². The average Bonchev–Trinajstić information content (AvgIpc) is 2.51. The van der Waals surface area contributed by atoms with Crippen molar-refractivity contribution in [3.8, 4) is 0 Å². The zero-order chi connectivity index (χ0) is 10.1. The lowest BCUT2D eigenvalue weighted by Crippen LogP contribution is -2.52. The van der Waals surface area contributed by atoms with E-state index in [1.54, 1.807) is 18.7 Å². The highest BCUT2D eigenvalue weighted by Crippen LogP contribution is 2.22. The van der Waals surface area contributed by atoms with Crippen LogP contribution in [0.2, 0.25) is 0 Å². The molecule has 0 aromatic carbocycles. The molecule has 0 bridgehead atoms. The molecule has 1 saturated heterocycles. The number of likely N-dealkylation sites (N-methyl/N-ethyl adjacent to an activating group) is 1. The van der Waals surface area contributed by atoms with Gasteiger partial charge in [0, 0.05) is 18.8 Å². The zero-order valence-corrected chi connectivity index (χ0v) is 10.6. The van der Waals surface area contributed by atoms with Crippen molar-refractivity contribution in [1.29, 1.82) is 0 Å². The second-order valence-corrected chi connectivity index (χ2v) is 5.30. The van der Waals surface area contributed by atoms with Crippen LogP contribution in [0.5, 0.6) is 0 Å². The lowest BCUT2D eigenvalue weighted by molar-refractivity contribution is -0.136. The normalized spacial score (nSPS) is 21.6. The van der Waals surface area contributed by atoms with E-state index < -0.39 is 5.54 Å². The van der Waals surface area contributed by atoms with Gasteiger partial charge < -0.3 is 10.6 Å². The van der Waals surface area contributed by atoms with Gasteiger partial charge in [0.05, 0.1) is 5.54 Å². The fourth-order valence-corrected chi connectivity index (χ4v) is 2.72. The summed E-state index contributed by atoms with van der Waals surface area (Å²) in [6.45, 7) is 3.52. The smallest absolute Gasteiger partial charge is 0.242 e. The van der Waals surface area contributed by atoms with E-state index in [1.165, 1.54) is 0 Å². The number of carbonyl (C=O) groups is 1. The van der Waals surface area contributed by atoms with Gasteiger partial charge in [-0.05, 0) is 26.0 Å². The summed E-state index contributed by atoms with van der Waals surface area (Å²) in [5.41, 5.74) is 5.02. The minimum atomic E-state index is -0.734. The summed E-state index contributed by atoms with van der Waals surface area (Å²) in [6, 6.07) is 0.389. The summed E-state index contributed by atoms with van der Waals surface area (Å²) < 4.78 is 0. The van der Waals surface area contributed by atoms with Gasteiger partial charge in [-0.25, -0.2) is 0 Å². The van der Waals surface area contributed by atoms with Gasteiger partial charge in [-0.2, -0.15) is 11.8 Å². The number of amides is 1. The van der Waals surface area contributed by atoms with Crippen molar-refractivity contribution in [3.63, 3.8) is 0 Å². The van der Waals surface area contributed by atoms with Crippen molar-refractivity contribution >= 4 is 30.1 Å². The predicted octanol–water partition coefficient (Wildman–Crippen LogP) is 1.11. The molecule has 0 aromatic heterocycles. The molecule has 0 aromatic rings. The highest BCUT2D eigenvalue weighted by Gasteiger charge is 2.31. The minimum absolute atomic E-state index is 0. The molecule has 1 aliphatic heterocycles. The fraction of sp³-hybridized carbons (Fsp3) is 0.889. The van der Waals surface area contributed by atoms with Crippen LogP contribution in [0.4, 0.5) is 0 Å². The molecule has 0 aliphatic carbocycles. The van der Waals surface area contributed by atoms with Crippen molar-refractivity contribution in [2.75, 3.05) is 18.6 Å². The van der Waals surface area contributed by atoms with Gasteiger partial charge in [-0.1, -0.05) is 0 Å². The molecule has 1 atom stereocenters. The molecule has 2 N–H and O–H groups in total. The third-order valence-corrected chi connectivity index (χ3v) is 3.47. The fourth-order valence-electron chi connectivity index (χ4n) is 1.45. The van der Waals surface area contributed by atoms with Crippen LogP contribution in [-0.2, 0) is 4.79 Å². The van der Waals surface area contributed by atoms with Gasteiger partial charge in [0.25, 0.3) is 0 Å². The molecule has 1 heterocycles. The van der Waals surface area contributed by atoms with Crippen molar-refractivity contribution in [1.82, 2.24) is 4.90 Å². The lowest BCUT2D eigenvalue weighted by atomic mass is 10.0. The molecule has 1 rings (SSSR count). The summed E-state index contributed by atoms with van der Waals surface area (Å²) in [7, 11) is 1.85. The molecule has 84 valence electrons. The van der Waals surface area contributed by atoms with E-state index in [4.69, 9.17) is 5.73 Å². The minimum Gasteiger partial charge on any atom is -0.340 e. The Morgan fingerprint density at radius 2 is 2.14 bits per heavy atom. The van der Waals surface area contributed by atoms with Gasteiger partial charge in [-0.15, -0.1) is 12.4 Å². The van der Waals surface area contributed by atoms with Gasteiger partial charge in [0.2, 0.25) is 5.91 Å². The maximum Gasteiger partial charge on any atom is 0.242 e. The Bertz CT molecular complexity index is 199. The largest absolute Gasteiger partial charge is 0.340 e. The van der Waals surface area contributed by atoms with E-state index >= 15 is 0 Å². The van der Waals surface area contributed by atoms with Crippen LogP contribution >= 0.6 is 24.2 Å². The van der Waals surface area contributed by atoms with Crippen LogP contribution < -0.4 is 5.73 Å². The Morgan fingerprint density at radius 1 is 1.57 bits per heavy atom. The standard InChI is InChI=1S/C9H18N2OS.ClH/c1-9(2,10)8(12)11(3)7-4-5-13-6-7;/h7H,4-6,10H2,1-3H3;1H. The highest BCUT2D eigenvalue weighted by atomic mass is 35.5. The van der Waals surface area contributed by atoms with Gasteiger partial charge >= 0.3 is 0 Å². The van der Waals surface area contributed by atoms with Crippen LogP contribution in [0.15, 0.2) is 0 Å². The summed E-state index contributed by atoms with van der Waals surface area (Å²) in [5, 5.41) is 0. The first-order chi connectivity index (χ1) is 5.93. The number of carbonyl (C=O) groups excluding carboxylic acids is 1. The Labute approximate surface area is 96.2 Å². The second-order valence-electron chi connectivity index (χ2n) is 4.16. The summed E-state index contributed by atoms with van der Waals surface area (Å²) >= 11 is 1.90. The van der Waals surface area contributed by atoms with E-state index in [0.29, 0.717) is 6.04 Å². The molecule has 3 nitrogen and oxygen atoms in total. The van der Waals surface area contributed by atoms with E-state index in [0.717, 1.165) is 17.9 Å².